The summed E-state index contributed by atoms with van der Waals surface area (Å²) in [4.78, 5) is 27.5. The van der Waals surface area contributed by atoms with E-state index in [-0.39, 0.29) is 16.6 Å². The minimum Gasteiger partial charge on any atom is -0.494 e. The third kappa shape index (κ3) is 4.54. The fourth-order valence-corrected chi connectivity index (χ4v) is 3.87. The summed E-state index contributed by atoms with van der Waals surface area (Å²) in [5.74, 6) is 0.140. The van der Waals surface area contributed by atoms with Crippen molar-refractivity contribution in [3.05, 3.63) is 63.7 Å². The van der Waals surface area contributed by atoms with E-state index in [9.17, 15) is 9.59 Å². The van der Waals surface area contributed by atoms with Crippen LogP contribution in [0.5, 0.6) is 5.75 Å². The highest BCUT2D eigenvalue weighted by Crippen LogP contribution is 2.32. The van der Waals surface area contributed by atoms with E-state index in [0.717, 1.165) is 33.6 Å². The summed E-state index contributed by atoms with van der Waals surface area (Å²) in [6.45, 7) is 12.5. The zero-order chi connectivity index (χ0) is 22.9. The van der Waals surface area contributed by atoms with Crippen molar-refractivity contribution in [2.24, 2.45) is 0 Å². The van der Waals surface area contributed by atoms with Crippen LogP contribution >= 0.6 is 12.2 Å². The molecular formula is C25H28N2O3S. The SMILES string of the molecule is CCOc1cc(C)c(/C=C2\C(=O)NC(=S)N(c3cc(C)ccc3C)C2=O)cc1C(C)C. The Morgan fingerprint density at radius 1 is 1.10 bits per heavy atom. The van der Waals surface area contributed by atoms with E-state index in [4.69, 9.17) is 17.0 Å². The van der Waals surface area contributed by atoms with E-state index in [1.54, 1.807) is 6.08 Å². The summed E-state index contributed by atoms with van der Waals surface area (Å²) in [7, 11) is 0. The molecule has 0 spiro atoms. The third-order valence-corrected chi connectivity index (χ3v) is 5.61. The first-order chi connectivity index (χ1) is 14.6. The average molecular weight is 437 g/mol. The van der Waals surface area contributed by atoms with Crippen LogP contribution in [0.15, 0.2) is 35.9 Å². The predicted octanol–water partition coefficient (Wildman–Crippen LogP) is 4.97. The number of ether oxygens (including phenoxy) is 1. The van der Waals surface area contributed by atoms with Gasteiger partial charge in [0.25, 0.3) is 11.8 Å². The monoisotopic (exact) mass is 436 g/mol. The van der Waals surface area contributed by atoms with Crippen LogP contribution in [0.1, 0.15) is 54.5 Å². The van der Waals surface area contributed by atoms with Gasteiger partial charge < -0.3 is 4.74 Å². The Labute approximate surface area is 189 Å². The number of hydrogen-bond acceptors (Lipinski definition) is 4. The van der Waals surface area contributed by atoms with E-state index in [1.807, 2.05) is 58.0 Å². The molecule has 0 atom stereocenters. The predicted molar refractivity (Wildman–Crippen MR) is 129 cm³/mol. The van der Waals surface area contributed by atoms with Crippen LogP contribution in [0.3, 0.4) is 0 Å². The summed E-state index contributed by atoms with van der Waals surface area (Å²) in [5, 5.41) is 2.76. The average Bonchev–Trinajstić information content (AvgIpc) is 2.69. The molecule has 2 aromatic rings. The van der Waals surface area contributed by atoms with Crippen molar-refractivity contribution < 1.29 is 14.3 Å². The molecule has 0 unspecified atom stereocenters. The first kappa shape index (κ1) is 22.7. The molecule has 1 heterocycles. The van der Waals surface area contributed by atoms with E-state index >= 15 is 0 Å². The summed E-state index contributed by atoms with van der Waals surface area (Å²) < 4.78 is 5.79. The zero-order valence-corrected chi connectivity index (χ0v) is 19.6. The molecule has 2 aromatic carbocycles. The lowest BCUT2D eigenvalue weighted by Crippen LogP contribution is -2.54. The van der Waals surface area contributed by atoms with Crippen LogP contribution in [0.4, 0.5) is 5.69 Å². The van der Waals surface area contributed by atoms with Gasteiger partial charge in [0.15, 0.2) is 5.11 Å². The number of nitrogens with zero attached hydrogens (tertiary/aromatic N) is 1. The molecule has 1 aliphatic heterocycles. The standard InChI is InChI=1S/C25H28N2O3S/c1-7-30-22-11-17(6)18(12-19(22)14(2)3)13-20-23(28)26-25(31)27(24(20)29)21-10-15(4)8-9-16(21)5/h8-14H,7H2,1-6H3,(H,26,28,31)/b20-13+. The first-order valence-corrected chi connectivity index (χ1v) is 10.8. The van der Waals surface area contributed by atoms with Crippen molar-refractivity contribution >= 4 is 40.9 Å². The molecule has 1 N–H and O–H groups in total. The lowest BCUT2D eigenvalue weighted by atomic mass is 9.94. The summed E-state index contributed by atoms with van der Waals surface area (Å²) in [5.41, 5.74) is 5.39. The van der Waals surface area contributed by atoms with Gasteiger partial charge in [-0.15, -0.1) is 0 Å². The minimum absolute atomic E-state index is 0.0523. The molecule has 5 nitrogen and oxygen atoms in total. The summed E-state index contributed by atoms with van der Waals surface area (Å²) >= 11 is 5.34. The van der Waals surface area contributed by atoms with Crippen molar-refractivity contribution in [2.45, 2.75) is 47.5 Å². The van der Waals surface area contributed by atoms with Crippen LogP contribution < -0.4 is 15.0 Å². The van der Waals surface area contributed by atoms with Gasteiger partial charge in [-0.25, -0.2) is 0 Å². The van der Waals surface area contributed by atoms with Crippen molar-refractivity contribution in [1.82, 2.24) is 5.32 Å². The van der Waals surface area contributed by atoms with Crippen molar-refractivity contribution in [3.63, 3.8) is 0 Å². The molecule has 1 aliphatic rings. The Bertz CT molecular complexity index is 1100. The van der Waals surface area contributed by atoms with E-state index in [1.165, 1.54) is 4.90 Å². The van der Waals surface area contributed by atoms with Gasteiger partial charge >= 0.3 is 0 Å². The second-order valence-corrected chi connectivity index (χ2v) is 8.47. The Kier molecular flexibility index (Phi) is 6.60. The van der Waals surface area contributed by atoms with Gasteiger partial charge in [-0.3, -0.25) is 19.8 Å². The van der Waals surface area contributed by atoms with Crippen LogP contribution in [0.25, 0.3) is 6.08 Å². The number of amides is 2. The normalized spacial score (nSPS) is 15.6. The van der Waals surface area contributed by atoms with Gasteiger partial charge in [0.05, 0.1) is 12.3 Å². The molecule has 0 saturated carbocycles. The number of thiocarbonyl (C=S) groups is 1. The van der Waals surface area contributed by atoms with Crippen molar-refractivity contribution in [1.29, 1.82) is 0 Å². The second-order valence-electron chi connectivity index (χ2n) is 8.08. The fourth-order valence-electron chi connectivity index (χ4n) is 3.60. The molecule has 0 aliphatic carbocycles. The van der Waals surface area contributed by atoms with Gasteiger partial charge in [-0.2, -0.15) is 0 Å². The fraction of sp³-hybridized carbons (Fsp3) is 0.320. The van der Waals surface area contributed by atoms with E-state index in [2.05, 4.69) is 19.2 Å². The van der Waals surface area contributed by atoms with Crippen LogP contribution in [0.2, 0.25) is 0 Å². The molecule has 31 heavy (non-hydrogen) atoms. The highest BCUT2D eigenvalue weighted by molar-refractivity contribution is 7.80. The molecule has 1 fully saturated rings. The third-order valence-electron chi connectivity index (χ3n) is 5.33. The largest absolute Gasteiger partial charge is 0.494 e. The number of benzene rings is 2. The number of hydrogen-bond donors (Lipinski definition) is 1. The van der Waals surface area contributed by atoms with Crippen molar-refractivity contribution in [2.75, 3.05) is 11.5 Å². The van der Waals surface area contributed by atoms with Gasteiger partial charge in [0.1, 0.15) is 11.3 Å². The maximum atomic E-state index is 13.4. The number of anilines is 1. The topological polar surface area (TPSA) is 58.6 Å². The van der Waals surface area contributed by atoms with Crippen LogP contribution in [0, 0.1) is 20.8 Å². The molecule has 3 rings (SSSR count). The smallest absolute Gasteiger partial charge is 0.270 e. The lowest BCUT2D eigenvalue weighted by molar-refractivity contribution is -0.122. The minimum atomic E-state index is -0.490. The maximum Gasteiger partial charge on any atom is 0.270 e. The molecule has 0 aromatic heterocycles. The first-order valence-electron chi connectivity index (χ1n) is 10.4. The highest BCUT2D eigenvalue weighted by atomic mass is 32.1. The number of nitrogens with one attached hydrogen (secondary N) is 1. The van der Waals surface area contributed by atoms with E-state index in [0.29, 0.717) is 12.3 Å². The molecule has 6 heteroatoms. The Morgan fingerprint density at radius 2 is 1.81 bits per heavy atom. The van der Waals surface area contributed by atoms with Gasteiger partial charge in [-0.1, -0.05) is 26.0 Å². The highest BCUT2D eigenvalue weighted by Gasteiger charge is 2.35. The van der Waals surface area contributed by atoms with Crippen LogP contribution in [-0.2, 0) is 9.59 Å². The number of carbonyl (C=O) groups excluding carboxylic acids is 2. The number of aryl methyl sites for hydroxylation is 3. The Balaban J connectivity index is 2.10. The quantitative estimate of drug-likeness (QED) is 0.409. The molecule has 2 amide bonds. The zero-order valence-electron chi connectivity index (χ0n) is 18.8. The maximum absolute atomic E-state index is 13.4. The molecule has 1 saturated heterocycles. The molecule has 0 bridgehead atoms. The number of rotatable bonds is 5. The molecular weight excluding hydrogens is 408 g/mol. The van der Waals surface area contributed by atoms with Crippen LogP contribution in [-0.4, -0.2) is 23.5 Å². The van der Waals surface area contributed by atoms with E-state index < -0.39 is 11.8 Å². The lowest BCUT2D eigenvalue weighted by Gasteiger charge is -2.30. The molecule has 162 valence electrons. The van der Waals surface area contributed by atoms with Gasteiger partial charge in [0.2, 0.25) is 0 Å². The van der Waals surface area contributed by atoms with Gasteiger partial charge in [0, 0.05) is 0 Å². The Hall–Kier alpha value is -2.99. The van der Waals surface area contributed by atoms with Crippen molar-refractivity contribution in [3.8, 4) is 5.75 Å². The Morgan fingerprint density at radius 3 is 2.45 bits per heavy atom. The molecule has 0 radical (unpaired) electrons. The summed E-state index contributed by atoms with van der Waals surface area (Å²) in [6.07, 6.45) is 1.65. The second kappa shape index (κ2) is 9.02. The number of carbonyl (C=O) groups is 2. The van der Waals surface area contributed by atoms with Gasteiger partial charge in [-0.05, 0) is 97.9 Å². The summed E-state index contributed by atoms with van der Waals surface area (Å²) in [6, 6.07) is 9.76.